The Labute approximate surface area is 224 Å². The number of fused-ring (bicyclic) bond motifs is 1. The topological polar surface area (TPSA) is 144 Å². The number of aliphatic imine (C=N–C) groups is 1. The monoisotopic (exact) mass is 528 g/mol. The van der Waals surface area contributed by atoms with E-state index in [9.17, 15) is 9.59 Å². The lowest BCUT2D eigenvalue weighted by Crippen LogP contribution is -2.39. The van der Waals surface area contributed by atoms with E-state index >= 15 is 0 Å². The number of carbonyl (C=O) groups excluding carboxylic acids is 1. The summed E-state index contributed by atoms with van der Waals surface area (Å²) in [6, 6.07) is 11.3. The van der Waals surface area contributed by atoms with Crippen LogP contribution in [-0.2, 0) is 24.1 Å². The number of guanidine groups is 1. The molecule has 1 aliphatic carbocycles. The fourth-order valence-corrected chi connectivity index (χ4v) is 4.48. The Hall–Kier alpha value is -3.95. The molecule has 2 atom stereocenters. The number of rotatable bonds is 9. The Balaban J connectivity index is 0.000000290. The van der Waals surface area contributed by atoms with Gasteiger partial charge in [-0.15, -0.1) is 0 Å². The van der Waals surface area contributed by atoms with E-state index in [4.69, 9.17) is 25.1 Å². The third-order valence-electron chi connectivity index (χ3n) is 5.96. The normalized spacial score (nSPS) is 15.0. The molecule has 2 amide bonds. The number of ether oxygens (including phenoxy) is 3. The Morgan fingerprint density at radius 1 is 1.03 bits per heavy atom. The number of carbonyl (C=O) groups is 2. The predicted molar refractivity (Wildman–Crippen MR) is 147 cm³/mol. The van der Waals surface area contributed by atoms with Gasteiger partial charge < -0.3 is 35.7 Å². The maximum absolute atomic E-state index is 12.0. The average molecular weight is 529 g/mol. The summed E-state index contributed by atoms with van der Waals surface area (Å²) in [5, 5.41) is 14.2. The van der Waals surface area contributed by atoms with Crippen LogP contribution in [0.5, 0.6) is 17.2 Å². The summed E-state index contributed by atoms with van der Waals surface area (Å²) < 4.78 is 15.6. The first-order chi connectivity index (χ1) is 18.1. The van der Waals surface area contributed by atoms with Crippen LogP contribution >= 0.6 is 0 Å². The quantitative estimate of drug-likeness (QED) is 0.286. The minimum atomic E-state index is -0.966. The first-order valence-electron chi connectivity index (χ1n) is 12.5. The molecule has 3 rings (SSSR count). The van der Waals surface area contributed by atoms with Crippen molar-refractivity contribution in [1.82, 2.24) is 10.6 Å². The van der Waals surface area contributed by atoms with E-state index in [0.29, 0.717) is 23.8 Å². The molecule has 0 saturated heterocycles. The molecule has 10 heteroatoms. The maximum Gasteiger partial charge on any atom is 0.404 e. The van der Waals surface area contributed by atoms with E-state index in [2.05, 4.69) is 29.5 Å². The smallest absolute Gasteiger partial charge is 0.404 e. The fourth-order valence-electron chi connectivity index (χ4n) is 4.48. The van der Waals surface area contributed by atoms with E-state index in [1.54, 1.807) is 39.5 Å². The van der Waals surface area contributed by atoms with Crippen LogP contribution in [0.1, 0.15) is 43.9 Å². The number of hydrogen-bond donors (Lipinski definition) is 4. The summed E-state index contributed by atoms with van der Waals surface area (Å²) in [6.45, 7) is 6.28. The Morgan fingerprint density at radius 3 is 2.32 bits per heavy atom. The predicted octanol–water partition coefficient (Wildman–Crippen LogP) is 3.54. The number of methoxy groups -OCH3 is 3. The van der Waals surface area contributed by atoms with E-state index in [-0.39, 0.29) is 30.4 Å². The van der Waals surface area contributed by atoms with Crippen LogP contribution in [0.2, 0.25) is 0 Å². The molecule has 0 saturated carbocycles. The van der Waals surface area contributed by atoms with Crippen LogP contribution in [0.15, 0.2) is 41.4 Å². The molecule has 0 spiro atoms. The van der Waals surface area contributed by atoms with Crippen LogP contribution in [0, 0.1) is 5.92 Å². The lowest BCUT2D eigenvalue weighted by molar-refractivity contribution is -0.117. The highest BCUT2D eigenvalue weighted by Crippen LogP contribution is 2.30. The number of nitrogens with one attached hydrogen (secondary N) is 2. The second-order valence-electron chi connectivity index (χ2n) is 9.58. The standard InChI is InChI=1S/C17H27N3O3.C11H13NO3/c1-11(2)8-12(3)19-17(18)20-16(21)10-13-6-7-14(22-4)15(9-13)23-5;1-15-10-4-2-3-7-5-8(6-9(7)10)12-11(13)14/h6-7,9,11-12H,8,10H2,1-5H3,(H3,18,19,20,21);2-4,8,12H,5-6H2,1H3,(H,13,14)/t;8-/m.1/s1. The van der Waals surface area contributed by atoms with Crippen molar-refractivity contribution < 1.29 is 28.9 Å². The minimum Gasteiger partial charge on any atom is -0.496 e. The van der Waals surface area contributed by atoms with Crippen molar-refractivity contribution in [3.8, 4) is 17.2 Å². The molecule has 38 heavy (non-hydrogen) atoms. The molecule has 5 N–H and O–H groups in total. The van der Waals surface area contributed by atoms with E-state index in [0.717, 1.165) is 29.7 Å². The molecule has 1 unspecified atom stereocenters. The number of nitrogens with zero attached hydrogens (tertiary/aromatic N) is 1. The molecular weight excluding hydrogens is 488 g/mol. The average Bonchev–Trinajstić information content (AvgIpc) is 3.25. The van der Waals surface area contributed by atoms with Gasteiger partial charge in [-0.05, 0) is 67.0 Å². The molecule has 1 aliphatic rings. The number of amides is 2. The molecule has 0 radical (unpaired) electrons. The van der Waals surface area contributed by atoms with Crippen molar-refractivity contribution in [3.63, 3.8) is 0 Å². The van der Waals surface area contributed by atoms with Gasteiger partial charge in [-0.1, -0.05) is 32.0 Å². The zero-order chi connectivity index (χ0) is 28.2. The SMILES string of the molecule is COc1ccc(CC(=O)N=C(N)NC(C)CC(C)C)cc1OC.COc1cccc2c1C[C@H](NC(=O)O)C2. The Kier molecular flexibility index (Phi) is 11.7. The van der Waals surface area contributed by atoms with Gasteiger partial charge in [0.15, 0.2) is 17.5 Å². The zero-order valence-corrected chi connectivity index (χ0v) is 23.0. The second kappa shape index (κ2) is 14.7. The minimum absolute atomic E-state index is 0.0196. The van der Waals surface area contributed by atoms with Gasteiger partial charge in [0.05, 0.1) is 27.8 Å². The lowest BCUT2D eigenvalue weighted by Gasteiger charge is -2.16. The highest BCUT2D eigenvalue weighted by Gasteiger charge is 2.25. The summed E-state index contributed by atoms with van der Waals surface area (Å²) in [6.07, 6.45) is 1.61. The Bertz CT molecular complexity index is 1120. The van der Waals surface area contributed by atoms with Crippen molar-refractivity contribution in [2.75, 3.05) is 21.3 Å². The first-order valence-corrected chi connectivity index (χ1v) is 12.5. The number of benzene rings is 2. The molecule has 208 valence electrons. The van der Waals surface area contributed by atoms with Gasteiger partial charge in [0.1, 0.15) is 5.75 Å². The molecule has 0 heterocycles. The fraction of sp³-hybridized carbons (Fsp3) is 0.464. The summed E-state index contributed by atoms with van der Waals surface area (Å²) in [4.78, 5) is 26.4. The van der Waals surface area contributed by atoms with Gasteiger partial charge in [0, 0.05) is 12.1 Å². The van der Waals surface area contributed by atoms with Gasteiger partial charge in [-0.2, -0.15) is 4.99 Å². The first kappa shape index (κ1) is 30.3. The van der Waals surface area contributed by atoms with Gasteiger partial charge in [0.2, 0.25) is 0 Å². The van der Waals surface area contributed by atoms with Crippen molar-refractivity contribution in [2.24, 2.45) is 16.6 Å². The van der Waals surface area contributed by atoms with Crippen molar-refractivity contribution in [2.45, 2.75) is 58.5 Å². The van der Waals surface area contributed by atoms with Gasteiger partial charge in [-0.3, -0.25) is 4.79 Å². The van der Waals surface area contributed by atoms with Crippen molar-refractivity contribution in [3.05, 3.63) is 53.1 Å². The number of hydrogen-bond acceptors (Lipinski definition) is 5. The van der Waals surface area contributed by atoms with Crippen molar-refractivity contribution >= 4 is 18.0 Å². The number of carboxylic acid groups (broad SMARTS) is 1. The van der Waals surface area contributed by atoms with Crippen LogP contribution in [0.25, 0.3) is 0 Å². The van der Waals surface area contributed by atoms with E-state index in [1.807, 2.05) is 25.1 Å². The Morgan fingerprint density at radius 2 is 1.71 bits per heavy atom. The largest absolute Gasteiger partial charge is 0.496 e. The highest BCUT2D eigenvalue weighted by atomic mass is 16.5. The van der Waals surface area contributed by atoms with Crippen LogP contribution in [0.3, 0.4) is 0 Å². The van der Waals surface area contributed by atoms with Gasteiger partial charge in [-0.25, -0.2) is 4.79 Å². The lowest BCUT2D eigenvalue weighted by atomic mass is 10.1. The molecule has 0 aromatic heterocycles. The molecule has 2 aromatic rings. The molecule has 10 nitrogen and oxygen atoms in total. The van der Waals surface area contributed by atoms with E-state index < -0.39 is 6.09 Å². The molecule has 2 aromatic carbocycles. The summed E-state index contributed by atoms with van der Waals surface area (Å²) >= 11 is 0. The van der Waals surface area contributed by atoms with E-state index in [1.165, 1.54) is 5.56 Å². The van der Waals surface area contributed by atoms with Crippen molar-refractivity contribution in [1.29, 1.82) is 0 Å². The number of nitrogens with two attached hydrogens (primary N) is 1. The zero-order valence-electron chi connectivity index (χ0n) is 23.0. The van der Waals surface area contributed by atoms with Crippen LogP contribution in [0.4, 0.5) is 4.79 Å². The van der Waals surface area contributed by atoms with Crippen LogP contribution in [-0.4, -0.2) is 56.5 Å². The molecule has 0 fully saturated rings. The molecular formula is C28H40N4O6. The van der Waals surface area contributed by atoms with Crippen LogP contribution < -0.4 is 30.6 Å². The molecule has 0 bridgehead atoms. The highest BCUT2D eigenvalue weighted by molar-refractivity contribution is 5.93. The third-order valence-corrected chi connectivity index (χ3v) is 5.96. The summed E-state index contributed by atoms with van der Waals surface area (Å²) in [7, 11) is 4.75. The summed E-state index contributed by atoms with van der Waals surface area (Å²) in [5.41, 5.74) is 8.87. The summed E-state index contributed by atoms with van der Waals surface area (Å²) in [5.74, 6) is 2.45. The molecule has 0 aliphatic heterocycles. The van der Waals surface area contributed by atoms with Gasteiger partial charge in [0.25, 0.3) is 5.91 Å². The van der Waals surface area contributed by atoms with Gasteiger partial charge >= 0.3 is 6.09 Å². The maximum atomic E-state index is 12.0. The third kappa shape index (κ3) is 9.49. The second-order valence-corrected chi connectivity index (χ2v) is 9.58.